The predicted octanol–water partition coefficient (Wildman–Crippen LogP) is -0.399. The number of rotatable bonds is 2. The summed E-state index contributed by atoms with van der Waals surface area (Å²) in [7, 11) is 1.45. The van der Waals surface area contributed by atoms with Crippen molar-refractivity contribution in [3.8, 4) is 0 Å². The van der Waals surface area contributed by atoms with Gasteiger partial charge in [-0.15, -0.1) is 0 Å². The molecule has 0 saturated carbocycles. The molecule has 0 radical (unpaired) electrons. The number of nitrogens with one attached hydrogen (secondary N) is 1. The van der Waals surface area contributed by atoms with E-state index in [0.29, 0.717) is 13.1 Å². The summed E-state index contributed by atoms with van der Waals surface area (Å²) >= 11 is 0. The van der Waals surface area contributed by atoms with Gasteiger partial charge in [0.25, 0.3) is 0 Å². The average Bonchev–Trinajstić information content (AvgIpc) is 2.05. The second kappa shape index (κ2) is 4.71. The molecule has 0 aromatic carbocycles. The van der Waals surface area contributed by atoms with Crippen LogP contribution >= 0.6 is 0 Å². The number of carbonyl (C=O) groups is 2. The molecule has 4 heteroatoms. The van der Waals surface area contributed by atoms with Crippen molar-refractivity contribution in [2.45, 2.75) is 13.8 Å². The third-order valence-electron chi connectivity index (χ3n) is 1.47. The molecule has 0 rings (SSSR count). The highest BCUT2D eigenvalue weighted by Gasteiger charge is 2.16. The Morgan fingerprint density at radius 2 is 1.73 bits per heavy atom. The monoisotopic (exact) mass is 158 g/mol. The molecule has 4 nitrogen and oxygen atoms in total. The summed E-state index contributed by atoms with van der Waals surface area (Å²) in [5.74, 6) is -1.01. The number of hydrogen-bond acceptors (Lipinski definition) is 2. The zero-order chi connectivity index (χ0) is 8.85. The number of hydrogen-bond donors (Lipinski definition) is 1. The van der Waals surface area contributed by atoms with Crippen LogP contribution in [0, 0.1) is 0 Å². The summed E-state index contributed by atoms with van der Waals surface area (Å²) in [6, 6.07) is 0. The van der Waals surface area contributed by atoms with Gasteiger partial charge >= 0.3 is 11.8 Å². The molecule has 0 saturated heterocycles. The molecule has 0 heterocycles. The molecule has 11 heavy (non-hydrogen) atoms. The summed E-state index contributed by atoms with van der Waals surface area (Å²) in [6.45, 7) is 4.82. The van der Waals surface area contributed by atoms with Gasteiger partial charge < -0.3 is 10.2 Å². The predicted molar refractivity (Wildman–Crippen MR) is 42.0 cm³/mol. The molecule has 0 aromatic heterocycles. The third-order valence-corrected chi connectivity index (χ3v) is 1.47. The Morgan fingerprint density at radius 1 is 1.27 bits per heavy atom. The maximum absolute atomic E-state index is 11.1. The van der Waals surface area contributed by atoms with Crippen LogP contribution in [0.2, 0.25) is 0 Å². The zero-order valence-corrected chi connectivity index (χ0v) is 7.18. The smallest absolute Gasteiger partial charge is 0.311 e. The van der Waals surface area contributed by atoms with Crippen LogP contribution in [-0.2, 0) is 9.59 Å². The first-order valence-corrected chi connectivity index (χ1v) is 3.68. The molecule has 0 bridgehead atoms. The second-order valence-electron chi connectivity index (χ2n) is 2.06. The maximum Gasteiger partial charge on any atom is 0.311 e. The third kappa shape index (κ3) is 2.57. The van der Waals surface area contributed by atoms with Crippen LogP contribution in [0.4, 0.5) is 0 Å². The number of likely N-dealkylation sites (N-methyl/N-ethyl adjacent to an activating group) is 2. The maximum atomic E-state index is 11.1. The Kier molecular flexibility index (Phi) is 4.26. The van der Waals surface area contributed by atoms with Gasteiger partial charge in [-0.05, 0) is 13.8 Å². The lowest BCUT2D eigenvalue weighted by atomic mass is 10.4. The van der Waals surface area contributed by atoms with Crippen LogP contribution in [0.3, 0.4) is 0 Å². The minimum atomic E-state index is -0.548. The minimum absolute atomic E-state index is 0.461. The highest BCUT2D eigenvalue weighted by Crippen LogP contribution is 1.87. The van der Waals surface area contributed by atoms with Gasteiger partial charge in [-0.2, -0.15) is 0 Å². The first kappa shape index (κ1) is 9.94. The van der Waals surface area contributed by atoms with E-state index >= 15 is 0 Å². The molecule has 2 amide bonds. The topological polar surface area (TPSA) is 49.4 Å². The van der Waals surface area contributed by atoms with Crippen LogP contribution < -0.4 is 5.32 Å². The SMILES string of the molecule is CCN(CC)C(=O)C(=O)NC. The lowest BCUT2D eigenvalue weighted by molar-refractivity contribution is -0.145. The Morgan fingerprint density at radius 3 is 2.00 bits per heavy atom. The van der Waals surface area contributed by atoms with E-state index in [0.717, 1.165) is 0 Å². The molecule has 0 aliphatic rings. The van der Waals surface area contributed by atoms with Crippen LogP contribution in [0.15, 0.2) is 0 Å². The number of nitrogens with zero attached hydrogens (tertiary/aromatic N) is 1. The van der Waals surface area contributed by atoms with Gasteiger partial charge in [0.1, 0.15) is 0 Å². The standard InChI is InChI=1S/C7H14N2O2/c1-4-9(5-2)7(11)6(10)8-3/h4-5H2,1-3H3,(H,8,10). The Hall–Kier alpha value is -1.06. The van der Waals surface area contributed by atoms with Crippen LogP contribution in [0.5, 0.6) is 0 Å². The van der Waals surface area contributed by atoms with Gasteiger partial charge in [0, 0.05) is 20.1 Å². The highest BCUT2D eigenvalue weighted by atomic mass is 16.2. The van der Waals surface area contributed by atoms with Gasteiger partial charge in [-0.25, -0.2) is 0 Å². The van der Waals surface area contributed by atoms with E-state index in [4.69, 9.17) is 0 Å². The molecule has 0 aliphatic carbocycles. The summed E-state index contributed by atoms with van der Waals surface area (Å²) in [5, 5.41) is 2.28. The van der Waals surface area contributed by atoms with Gasteiger partial charge in [-0.3, -0.25) is 9.59 Å². The highest BCUT2D eigenvalue weighted by molar-refractivity contribution is 6.34. The molecule has 0 fully saturated rings. The van der Waals surface area contributed by atoms with Gasteiger partial charge in [0.05, 0.1) is 0 Å². The van der Waals surface area contributed by atoms with E-state index in [-0.39, 0.29) is 0 Å². The molecule has 0 atom stereocenters. The lowest BCUT2D eigenvalue weighted by Gasteiger charge is -2.16. The van der Waals surface area contributed by atoms with Crippen molar-refractivity contribution in [1.82, 2.24) is 10.2 Å². The number of carbonyl (C=O) groups excluding carboxylic acids is 2. The summed E-state index contributed by atoms with van der Waals surface area (Å²) < 4.78 is 0. The Balaban J connectivity index is 4.09. The normalized spacial score (nSPS) is 9.00. The molecule has 0 aliphatic heterocycles. The molecule has 64 valence electrons. The van der Waals surface area contributed by atoms with Crippen molar-refractivity contribution in [2.24, 2.45) is 0 Å². The lowest BCUT2D eigenvalue weighted by Crippen LogP contribution is -2.41. The van der Waals surface area contributed by atoms with Crippen molar-refractivity contribution in [2.75, 3.05) is 20.1 Å². The molecule has 0 spiro atoms. The zero-order valence-electron chi connectivity index (χ0n) is 7.18. The van der Waals surface area contributed by atoms with E-state index in [1.165, 1.54) is 11.9 Å². The van der Waals surface area contributed by atoms with Gasteiger partial charge in [-0.1, -0.05) is 0 Å². The van der Waals surface area contributed by atoms with Crippen molar-refractivity contribution in [3.05, 3.63) is 0 Å². The summed E-state index contributed by atoms with van der Waals surface area (Å²) in [5.41, 5.74) is 0. The van der Waals surface area contributed by atoms with Crippen molar-refractivity contribution in [3.63, 3.8) is 0 Å². The van der Waals surface area contributed by atoms with Crippen LogP contribution in [0.1, 0.15) is 13.8 Å². The molecule has 1 N–H and O–H groups in total. The van der Waals surface area contributed by atoms with E-state index in [9.17, 15) is 9.59 Å². The average molecular weight is 158 g/mol. The first-order valence-electron chi connectivity index (χ1n) is 3.68. The Bertz CT molecular complexity index is 153. The van der Waals surface area contributed by atoms with Crippen molar-refractivity contribution < 1.29 is 9.59 Å². The molecular formula is C7H14N2O2. The largest absolute Gasteiger partial charge is 0.351 e. The molecule has 0 unspecified atom stereocenters. The van der Waals surface area contributed by atoms with Gasteiger partial charge in [0.2, 0.25) is 0 Å². The molecule has 0 aromatic rings. The fourth-order valence-corrected chi connectivity index (χ4v) is 0.761. The van der Waals surface area contributed by atoms with Gasteiger partial charge in [0.15, 0.2) is 0 Å². The summed E-state index contributed by atoms with van der Waals surface area (Å²) in [4.78, 5) is 23.3. The number of amides is 2. The van der Waals surface area contributed by atoms with Crippen LogP contribution in [-0.4, -0.2) is 36.9 Å². The van der Waals surface area contributed by atoms with Crippen LogP contribution in [0.25, 0.3) is 0 Å². The van der Waals surface area contributed by atoms with E-state index in [2.05, 4.69) is 5.32 Å². The fraction of sp³-hybridized carbons (Fsp3) is 0.714. The molecular weight excluding hydrogens is 144 g/mol. The van der Waals surface area contributed by atoms with Crippen molar-refractivity contribution >= 4 is 11.8 Å². The van der Waals surface area contributed by atoms with E-state index in [1.807, 2.05) is 13.8 Å². The Labute approximate surface area is 66.6 Å². The van der Waals surface area contributed by atoms with Crippen molar-refractivity contribution in [1.29, 1.82) is 0 Å². The first-order chi connectivity index (χ1) is 5.17. The fourth-order valence-electron chi connectivity index (χ4n) is 0.761. The minimum Gasteiger partial charge on any atom is -0.351 e. The summed E-state index contributed by atoms with van der Waals surface area (Å²) in [6.07, 6.45) is 0. The van der Waals surface area contributed by atoms with E-state index in [1.54, 1.807) is 0 Å². The van der Waals surface area contributed by atoms with E-state index < -0.39 is 11.8 Å². The quantitative estimate of drug-likeness (QED) is 0.556. The second-order valence-corrected chi connectivity index (χ2v) is 2.06.